The predicted octanol–water partition coefficient (Wildman–Crippen LogP) is 4.35. The van der Waals surface area contributed by atoms with Crippen LogP contribution in [0.25, 0.3) is 11.1 Å². The van der Waals surface area contributed by atoms with E-state index in [0.717, 1.165) is 17.8 Å². The number of benzene rings is 1. The number of halogens is 4. The van der Waals surface area contributed by atoms with Crippen LogP contribution in [0, 0.1) is 5.82 Å². The Morgan fingerprint density at radius 1 is 1.00 bits per heavy atom. The van der Waals surface area contributed by atoms with Gasteiger partial charge in [-0.3, -0.25) is 9.48 Å². The quantitative estimate of drug-likeness (QED) is 0.406. The Labute approximate surface area is 190 Å². The summed E-state index contributed by atoms with van der Waals surface area (Å²) in [6.45, 7) is 0. The van der Waals surface area contributed by atoms with E-state index >= 15 is 0 Å². The lowest BCUT2D eigenvalue weighted by Crippen LogP contribution is -2.16. The van der Waals surface area contributed by atoms with Crippen LogP contribution in [0.3, 0.4) is 0 Å². The molecule has 0 spiro atoms. The highest BCUT2D eigenvalue weighted by atomic mass is 19.4. The van der Waals surface area contributed by atoms with Crippen molar-refractivity contribution < 1.29 is 22.4 Å². The van der Waals surface area contributed by atoms with Crippen LogP contribution in [0.5, 0.6) is 0 Å². The Morgan fingerprint density at radius 2 is 1.76 bits per heavy atom. The number of carbonyl (C=O) groups excluding carboxylic acids is 1. The molecule has 0 saturated heterocycles. The monoisotopic (exact) mass is 471 g/mol. The van der Waals surface area contributed by atoms with Crippen molar-refractivity contribution in [2.75, 3.05) is 10.6 Å². The van der Waals surface area contributed by atoms with E-state index in [4.69, 9.17) is 0 Å². The lowest BCUT2D eigenvalue weighted by atomic mass is 10.0. The largest absolute Gasteiger partial charge is 0.417 e. The van der Waals surface area contributed by atoms with Gasteiger partial charge in [0.1, 0.15) is 11.6 Å². The van der Waals surface area contributed by atoms with Crippen LogP contribution in [0.15, 0.2) is 61.3 Å². The second kappa shape index (κ2) is 9.25. The first-order valence-corrected chi connectivity index (χ1v) is 9.87. The van der Waals surface area contributed by atoms with Crippen molar-refractivity contribution >= 4 is 23.4 Å². The maximum absolute atomic E-state index is 14.6. The smallest absolute Gasteiger partial charge is 0.321 e. The number of hydrogen-bond acceptors (Lipinski definition) is 6. The lowest BCUT2D eigenvalue weighted by molar-refractivity contribution is -0.137. The van der Waals surface area contributed by atoms with Crippen molar-refractivity contribution in [2.45, 2.75) is 12.6 Å². The van der Waals surface area contributed by atoms with Gasteiger partial charge in [0.05, 0.1) is 23.9 Å². The van der Waals surface area contributed by atoms with E-state index in [1.807, 2.05) is 0 Å². The SMILES string of the molecule is Cn1cc(Nc2ncc(-c3ccc(CC(=O)Nc4ccc(C(F)(F)F)cn4)c(F)c3)cn2)cn1. The van der Waals surface area contributed by atoms with Crippen LogP contribution in [-0.4, -0.2) is 30.6 Å². The molecule has 3 aromatic heterocycles. The lowest BCUT2D eigenvalue weighted by Gasteiger charge is -2.09. The number of aromatic nitrogens is 5. The minimum Gasteiger partial charge on any atom is -0.321 e. The van der Waals surface area contributed by atoms with Gasteiger partial charge in [0.25, 0.3) is 0 Å². The minimum atomic E-state index is -4.53. The fourth-order valence-electron chi connectivity index (χ4n) is 3.02. The van der Waals surface area contributed by atoms with Crippen molar-refractivity contribution in [3.05, 3.63) is 78.3 Å². The molecule has 0 saturated carbocycles. The highest BCUT2D eigenvalue weighted by Gasteiger charge is 2.30. The van der Waals surface area contributed by atoms with Crippen molar-refractivity contribution in [1.82, 2.24) is 24.7 Å². The molecular weight excluding hydrogens is 454 g/mol. The Balaban J connectivity index is 1.39. The molecule has 174 valence electrons. The van der Waals surface area contributed by atoms with E-state index in [1.165, 1.54) is 24.5 Å². The standard InChI is InChI=1S/C22H17F4N7O/c1-33-12-17(11-30-33)31-21-28-8-15(9-29-21)13-2-3-14(18(23)6-13)7-20(34)32-19-5-4-16(10-27-19)22(24,25)26/h2-6,8-12H,7H2,1H3,(H,27,32,34)(H,28,29,31). The van der Waals surface area contributed by atoms with E-state index in [0.29, 0.717) is 23.3 Å². The highest BCUT2D eigenvalue weighted by molar-refractivity contribution is 5.91. The summed E-state index contributed by atoms with van der Waals surface area (Å²) in [5, 5.41) is 9.38. The molecule has 2 N–H and O–H groups in total. The third-order valence-corrected chi connectivity index (χ3v) is 4.71. The van der Waals surface area contributed by atoms with Gasteiger partial charge in [0.15, 0.2) is 0 Å². The molecule has 0 fully saturated rings. The summed E-state index contributed by atoms with van der Waals surface area (Å²) in [6, 6.07) is 6.16. The summed E-state index contributed by atoms with van der Waals surface area (Å²) in [6.07, 6.45) is 2.21. The Kier molecular flexibility index (Phi) is 6.21. The molecule has 1 aromatic carbocycles. The Bertz CT molecular complexity index is 1300. The number of carbonyl (C=O) groups is 1. The molecule has 12 heteroatoms. The zero-order valence-electron chi connectivity index (χ0n) is 17.6. The molecule has 1 amide bonds. The minimum absolute atomic E-state index is 0.0628. The summed E-state index contributed by atoms with van der Waals surface area (Å²) in [4.78, 5) is 24.2. The van der Waals surface area contributed by atoms with Crippen molar-refractivity contribution in [3.63, 3.8) is 0 Å². The Morgan fingerprint density at radius 3 is 2.35 bits per heavy atom. The number of nitrogens with one attached hydrogen (secondary N) is 2. The number of pyridine rings is 1. The van der Waals surface area contributed by atoms with E-state index in [1.54, 1.807) is 30.2 Å². The van der Waals surface area contributed by atoms with Gasteiger partial charge in [0, 0.05) is 37.4 Å². The maximum Gasteiger partial charge on any atom is 0.417 e. The number of nitrogens with zero attached hydrogens (tertiary/aromatic N) is 5. The molecule has 0 aliphatic rings. The van der Waals surface area contributed by atoms with Crippen LogP contribution in [0.1, 0.15) is 11.1 Å². The van der Waals surface area contributed by atoms with Crippen LogP contribution in [0.4, 0.5) is 35.0 Å². The van der Waals surface area contributed by atoms with Gasteiger partial charge in [-0.1, -0.05) is 12.1 Å². The Hall–Kier alpha value is -4.35. The van der Waals surface area contributed by atoms with Gasteiger partial charge >= 0.3 is 6.18 Å². The normalized spacial score (nSPS) is 11.3. The van der Waals surface area contributed by atoms with Crippen LogP contribution >= 0.6 is 0 Å². The molecule has 4 aromatic rings. The first-order valence-electron chi connectivity index (χ1n) is 9.87. The zero-order valence-corrected chi connectivity index (χ0v) is 17.6. The second-order valence-electron chi connectivity index (χ2n) is 7.28. The summed E-state index contributed by atoms with van der Waals surface area (Å²) < 4.78 is 54.0. The molecule has 3 heterocycles. The first kappa shape index (κ1) is 22.8. The summed E-state index contributed by atoms with van der Waals surface area (Å²) >= 11 is 0. The molecule has 0 bridgehead atoms. The fraction of sp³-hybridized carbons (Fsp3) is 0.136. The molecule has 0 atom stereocenters. The van der Waals surface area contributed by atoms with E-state index in [9.17, 15) is 22.4 Å². The zero-order chi connectivity index (χ0) is 24.3. The van der Waals surface area contributed by atoms with Crippen LogP contribution in [-0.2, 0) is 24.4 Å². The van der Waals surface area contributed by atoms with Crippen molar-refractivity contribution in [2.24, 2.45) is 7.05 Å². The molecule has 8 nitrogen and oxygen atoms in total. The second-order valence-corrected chi connectivity index (χ2v) is 7.28. The van der Waals surface area contributed by atoms with Crippen molar-refractivity contribution in [3.8, 4) is 11.1 Å². The summed E-state index contributed by atoms with van der Waals surface area (Å²) in [5.41, 5.74) is 0.982. The molecule has 4 rings (SSSR count). The van der Waals surface area contributed by atoms with Gasteiger partial charge in [0.2, 0.25) is 11.9 Å². The van der Waals surface area contributed by atoms with Gasteiger partial charge in [-0.2, -0.15) is 18.3 Å². The number of aryl methyl sites for hydroxylation is 1. The van der Waals surface area contributed by atoms with Gasteiger partial charge in [-0.05, 0) is 29.3 Å². The molecule has 0 radical (unpaired) electrons. The maximum atomic E-state index is 14.6. The molecule has 0 aliphatic carbocycles. The topological polar surface area (TPSA) is 97.6 Å². The molecule has 34 heavy (non-hydrogen) atoms. The van der Waals surface area contributed by atoms with E-state index < -0.39 is 23.5 Å². The van der Waals surface area contributed by atoms with Crippen LogP contribution < -0.4 is 10.6 Å². The third kappa shape index (κ3) is 5.52. The number of anilines is 3. The molecule has 0 unspecified atom stereocenters. The number of alkyl halides is 3. The van der Waals surface area contributed by atoms with Gasteiger partial charge in [-0.25, -0.2) is 19.3 Å². The van der Waals surface area contributed by atoms with Gasteiger partial charge < -0.3 is 10.6 Å². The highest BCUT2D eigenvalue weighted by Crippen LogP contribution is 2.29. The number of hydrogen-bond donors (Lipinski definition) is 2. The van der Waals surface area contributed by atoms with Crippen molar-refractivity contribution in [1.29, 1.82) is 0 Å². The average Bonchev–Trinajstić information content (AvgIpc) is 3.20. The van der Waals surface area contributed by atoms with E-state index in [2.05, 4.69) is 30.7 Å². The van der Waals surface area contributed by atoms with E-state index in [-0.39, 0.29) is 17.8 Å². The number of rotatable bonds is 6. The summed E-state index contributed by atoms with van der Waals surface area (Å²) in [5.74, 6) is -0.951. The van der Waals surface area contributed by atoms with Gasteiger partial charge in [-0.15, -0.1) is 0 Å². The third-order valence-electron chi connectivity index (χ3n) is 4.71. The number of amides is 1. The first-order chi connectivity index (χ1) is 16.2. The molecule has 0 aliphatic heterocycles. The summed E-state index contributed by atoms with van der Waals surface area (Å²) in [7, 11) is 1.78. The van der Waals surface area contributed by atoms with Crippen LogP contribution in [0.2, 0.25) is 0 Å². The fourth-order valence-corrected chi connectivity index (χ4v) is 3.02. The predicted molar refractivity (Wildman–Crippen MR) is 115 cm³/mol. The molecular formula is C22H17F4N7O. The average molecular weight is 471 g/mol.